The quantitative estimate of drug-likeness (QED) is 0.667. The summed E-state index contributed by atoms with van der Waals surface area (Å²) in [6, 6.07) is 3.46. The minimum atomic E-state index is -3.93. The average Bonchev–Trinajstić information content (AvgIpc) is 2.39. The Kier molecular flexibility index (Phi) is 5.74. The van der Waals surface area contributed by atoms with E-state index in [0.717, 1.165) is 12.8 Å². The van der Waals surface area contributed by atoms with Gasteiger partial charge in [0.1, 0.15) is 0 Å². The highest BCUT2D eigenvalue weighted by Crippen LogP contribution is 2.21. The Morgan fingerprint density at radius 1 is 1.33 bits per heavy atom. The normalized spacial score (nSPS) is 13.3. The van der Waals surface area contributed by atoms with Crippen LogP contribution in [0.2, 0.25) is 0 Å². The molecule has 21 heavy (non-hydrogen) atoms. The predicted molar refractivity (Wildman–Crippen MR) is 81.7 cm³/mol. The summed E-state index contributed by atoms with van der Waals surface area (Å²) in [4.78, 5) is 10.9. The molecule has 0 bridgehead atoms. The van der Waals surface area contributed by atoms with Gasteiger partial charge in [-0.3, -0.25) is 0 Å². The fraction of sp³-hybridized carbons (Fsp3) is 0.500. The fourth-order valence-corrected chi connectivity index (χ4v) is 3.88. The zero-order valence-electron chi connectivity index (χ0n) is 12.5. The lowest BCUT2D eigenvalue weighted by molar-refractivity contribution is 0.0692. The van der Waals surface area contributed by atoms with Gasteiger partial charge in [-0.15, -0.1) is 0 Å². The van der Waals surface area contributed by atoms with Crippen molar-refractivity contribution in [1.82, 2.24) is 4.72 Å². The van der Waals surface area contributed by atoms with Crippen LogP contribution < -0.4 is 10.5 Å². The standard InChI is InChI=1S/C14H22N2O4S/c1-4-10(5-2)9(3)16-21(19,20)13-8-11(15)6-7-12(13)14(17)18/h6-10,16H,4-5,15H2,1-3H3,(H,17,18). The first kappa shape index (κ1) is 17.5. The molecule has 1 atom stereocenters. The maximum absolute atomic E-state index is 12.4. The van der Waals surface area contributed by atoms with Crippen molar-refractivity contribution in [3.8, 4) is 0 Å². The fourth-order valence-electron chi connectivity index (χ4n) is 2.34. The molecule has 6 nitrogen and oxygen atoms in total. The summed E-state index contributed by atoms with van der Waals surface area (Å²) in [6.07, 6.45) is 1.67. The number of carboxylic acid groups (broad SMARTS) is 1. The first-order chi connectivity index (χ1) is 9.72. The minimum absolute atomic E-state index is 0.189. The molecule has 0 spiro atoms. The van der Waals surface area contributed by atoms with Gasteiger partial charge in [0.25, 0.3) is 0 Å². The SMILES string of the molecule is CCC(CC)C(C)NS(=O)(=O)c1cc(N)ccc1C(=O)O. The molecule has 7 heteroatoms. The molecule has 0 aliphatic rings. The van der Waals surface area contributed by atoms with Gasteiger partial charge < -0.3 is 10.8 Å². The second-order valence-electron chi connectivity index (χ2n) is 5.05. The molecule has 0 fully saturated rings. The molecular weight excluding hydrogens is 292 g/mol. The zero-order valence-corrected chi connectivity index (χ0v) is 13.3. The molecule has 0 saturated heterocycles. The molecule has 0 aliphatic heterocycles. The van der Waals surface area contributed by atoms with Gasteiger partial charge in [0, 0.05) is 11.7 Å². The van der Waals surface area contributed by atoms with E-state index >= 15 is 0 Å². The maximum atomic E-state index is 12.4. The highest BCUT2D eigenvalue weighted by atomic mass is 32.2. The molecule has 4 N–H and O–H groups in total. The van der Waals surface area contributed by atoms with Gasteiger partial charge in [0.2, 0.25) is 10.0 Å². The average molecular weight is 314 g/mol. The monoisotopic (exact) mass is 314 g/mol. The van der Waals surface area contributed by atoms with E-state index in [-0.39, 0.29) is 28.1 Å². The Hall–Kier alpha value is -1.60. The molecular formula is C14H22N2O4S. The lowest BCUT2D eigenvalue weighted by Crippen LogP contribution is -2.38. The van der Waals surface area contributed by atoms with Crippen molar-refractivity contribution in [3.05, 3.63) is 23.8 Å². The van der Waals surface area contributed by atoms with Crippen LogP contribution in [-0.4, -0.2) is 25.5 Å². The first-order valence-corrected chi connectivity index (χ1v) is 8.36. The number of sulfonamides is 1. The minimum Gasteiger partial charge on any atom is -0.478 e. The second kappa shape index (κ2) is 6.91. The van der Waals surface area contributed by atoms with E-state index in [2.05, 4.69) is 4.72 Å². The first-order valence-electron chi connectivity index (χ1n) is 6.88. The van der Waals surface area contributed by atoms with E-state index in [1.54, 1.807) is 6.92 Å². The summed E-state index contributed by atoms with van der Waals surface area (Å²) in [5, 5.41) is 9.12. The number of nitrogens with two attached hydrogens (primary N) is 1. The number of aromatic carboxylic acids is 1. The number of hydrogen-bond acceptors (Lipinski definition) is 4. The molecule has 0 saturated carbocycles. The molecule has 1 aromatic carbocycles. The van der Waals surface area contributed by atoms with Crippen LogP contribution in [0.1, 0.15) is 44.0 Å². The summed E-state index contributed by atoms with van der Waals surface area (Å²) < 4.78 is 27.4. The van der Waals surface area contributed by atoms with Crippen molar-refractivity contribution >= 4 is 21.7 Å². The van der Waals surface area contributed by atoms with E-state index in [0.29, 0.717) is 0 Å². The van der Waals surface area contributed by atoms with Crippen LogP contribution in [0.4, 0.5) is 5.69 Å². The second-order valence-corrected chi connectivity index (χ2v) is 6.73. The summed E-state index contributed by atoms with van der Waals surface area (Å²) >= 11 is 0. The van der Waals surface area contributed by atoms with Crippen LogP contribution >= 0.6 is 0 Å². The van der Waals surface area contributed by atoms with Gasteiger partial charge in [0.15, 0.2) is 0 Å². The number of benzene rings is 1. The molecule has 1 rings (SSSR count). The van der Waals surface area contributed by atoms with Crippen molar-refractivity contribution in [1.29, 1.82) is 0 Å². The molecule has 1 unspecified atom stereocenters. The van der Waals surface area contributed by atoms with Crippen LogP contribution in [0.15, 0.2) is 23.1 Å². The van der Waals surface area contributed by atoms with E-state index < -0.39 is 16.0 Å². The van der Waals surface area contributed by atoms with Crippen molar-refractivity contribution in [2.24, 2.45) is 5.92 Å². The van der Waals surface area contributed by atoms with E-state index in [1.807, 2.05) is 13.8 Å². The Morgan fingerprint density at radius 2 is 1.90 bits per heavy atom. The van der Waals surface area contributed by atoms with Crippen molar-refractivity contribution < 1.29 is 18.3 Å². The molecule has 0 amide bonds. The number of hydrogen-bond donors (Lipinski definition) is 3. The third-order valence-corrected chi connectivity index (χ3v) is 5.22. The van der Waals surface area contributed by atoms with Gasteiger partial charge in [0.05, 0.1) is 10.5 Å². The largest absolute Gasteiger partial charge is 0.478 e. The van der Waals surface area contributed by atoms with Crippen LogP contribution in [-0.2, 0) is 10.0 Å². The highest BCUT2D eigenvalue weighted by Gasteiger charge is 2.26. The van der Waals surface area contributed by atoms with E-state index in [1.165, 1.54) is 18.2 Å². The molecule has 118 valence electrons. The number of nitrogens with one attached hydrogen (secondary N) is 1. The third-order valence-electron chi connectivity index (χ3n) is 3.62. The highest BCUT2D eigenvalue weighted by molar-refractivity contribution is 7.89. The summed E-state index contributed by atoms with van der Waals surface area (Å²) in [7, 11) is -3.93. The van der Waals surface area contributed by atoms with Gasteiger partial charge in [-0.05, 0) is 31.0 Å². The van der Waals surface area contributed by atoms with Crippen LogP contribution in [0.3, 0.4) is 0 Å². The van der Waals surface area contributed by atoms with E-state index in [4.69, 9.17) is 10.8 Å². The Balaban J connectivity index is 3.19. The molecule has 0 heterocycles. The van der Waals surface area contributed by atoms with Gasteiger partial charge in [-0.1, -0.05) is 26.7 Å². The van der Waals surface area contributed by atoms with Gasteiger partial charge in [-0.25, -0.2) is 17.9 Å². The summed E-state index contributed by atoms with van der Waals surface area (Å²) in [6.45, 7) is 5.76. The van der Waals surface area contributed by atoms with E-state index in [9.17, 15) is 13.2 Å². The topological polar surface area (TPSA) is 109 Å². The molecule has 0 aromatic heterocycles. The maximum Gasteiger partial charge on any atom is 0.337 e. The molecule has 0 radical (unpaired) electrons. The number of carbonyl (C=O) groups is 1. The van der Waals surface area contributed by atoms with Crippen molar-refractivity contribution in [3.63, 3.8) is 0 Å². The smallest absolute Gasteiger partial charge is 0.337 e. The summed E-state index contributed by atoms with van der Waals surface area (Å²) in [5.41, 5.74) is 5.50. The number of carboxylic acids is 1. The Morgan fingerprint density at radius 3 is 2.38 bits per heavy atom. The predicted octanol–water partition coefficient (Wildman–Crippen LogP) is 2.07. The molecule has 0 aliphatic carbocycles. The number of rotatable bonds is 7. The Bertz CT molecular complexity index is 609. The van der Waals surface area contributed by atoms with Gasteiger partial charge in [-0.2, -0.15) is 0 Å². The zero-order chi connectivity index (χ0) is 16.2. The van der Waals surface area contributed by atoms with Crippen molar-refractivity contribution in [2.45, 2.75) is 44.6 Å². The van der Waals surface area contributed by atoms with Crippen LogP contribution in [0.5, 0.6) is 0 Å². The molecule has 1 aromatic rings. The van der Waals surface area contributed by atoms with Gasteiger partial charge >= 0.3 is 5.97 Å². The lowest BCUT2D eigenvalue weighted by atomic mass is 9.96. The van der Waals surface area contributed by atoms with Crippen LogP contribution in [0, 0.1) is 5.92 Å². The number of anilines is 1. The van der Waals surface area contributed by atoms with Crippen LogP contribution in [0.25, 0.3) is 0 Å². The third kappa shape index (κ3) is 4.18. The van der Waals surface area contributed by atoms with Crippen molar-refractivity contribution in [2.75, 3.05) is 5.73 Å². The number of nitrogen functional groups attached to an aromatic ring is 1. The Labute approximate surface area is 125 Å². The lowest BCUT2D eigenvalue weighted by Gasteiger charge is -2.22. The summed E-state index contributed by atoms with van der Waals surface area (Å²) in [5.74, 6) is -1.11.